The van der Waals surface area contributed by atoms with Crippen molar-refractivity contribution in [2.45, 2.75) is 32.4 Å². The lowest BCUT2D eigenvalue weighted by Gasteiger charge is -2.50. The number of rotatable bonds is 2. The molecule has 88 valence electrons. The fourth-order valence-electron chi connectivity index (χ4n) is 1.95. The lowest BCUT2D eigenvalue weighted by atomic mass is 9.64. The third kappa shape index (κ3) is 1.90. The van der Waals surface area contributed by atoms with E-state index in [1.54, 1.807) is 6.07 Å². The van der Waals surface area contributed by atoms with Crippen LogP contribution in [-0.2, 0) is 0 Å². The molecule has 1 fully saturated rings. The molecular formula is C12H15Cl2NO. The molecule has 0 spiro atoms. The number of aliphatic hydroxyl groups is 1. The topological polar surface area (TPSA) is 32.3 Å². The largest absolute Gasteiger partial charge is 0.392 e. The van der Waals surface area contributed by atoms with Crippen LogP contribution < -0.4 is 5.32 Å². The number of benzene rings is 1. The van der Waals surface area contributed by atoms with Crippen molar-refractivity contribution in [2.75, 3.05) is 5.32 Å². The Hall–Kier alpha value is -0.440. The molecule has 2 nitrogen and oxygen atoms in total. The molecule has 2 N–H and O–H groups in total. The van der Waals surface area contributed by atoms with E-state index in [4.69, 9.17) is 23.2 Å². The minimum absolute atomic E-state index is 0.119. The molecule has 0 aromatic heterocycles. The molecule has 1 aromatic rings. The van der Waals surface area contributed by atoms with Crippen molar-refractivity contribution in [1.82, 2.24) is 0 Å². The van der Waals surface area contributed by atoms with Crippen LogP contribution in [0, 0.1) is 5.41 Å². The lowest BCUT2D eigenvalue weighted by molar-refractivity contribution is -0.0510. The van der Waals surface area contributed by atoms with Gasteiger partial charge in [-0.05, 0) is 18.6 Å². The van der Waals surface area contributed by atoms with Gasteiger partial charge in [0.05, 0.1) is 21.8 Å². The quantitative estimate of drug-likeness (QED) is 0.852. The molecule has 2 atom stereocenters. The van der Waals surface area contributed by atoms with Crippen LogP contribution in [0.15, 0.2) is 18.2 Å². The normalized spacial score (nSPS) is 27.3. The third-order valence-corrected chi connectivity index (χ3v) is 4.32. The van der Waals surface area contributed by atoms with E-state index < -0.39 is 0 Å². The number of nitrogens with one attached hydrogen (secondary N) is 1. The van der Waals surface area contributed by atoms with Crippen molar-refractivity contribution in [1.29, 1.82) is 0 Å². The van der Waals surface area contributed by atoms with Crippen molar-refractivity contribution < 1.29 is 5.11 Å². The first-order valence-corrected chi connectivity index (χ1v) is 6.07. The van der Waals surface area contributed by atoms with Gasteiger partial charge in [-0.15, -0.1) is 0 Å². The van der Waals surface area contributed by atoms with Crippen LogP contribution in [0.25, 0.3) is 0 Å². The van der Waals surface area contributed by atoms with E-state index >= 15 is 0 Å². The predicted octanol–water partition coefficient (Wildman–Crippen LogP) is 3.56. The first kappa shape index (κ1) is 12.0. The van der Waals surface area contributed by atoms with Gasteiger partial charge in [-0.25, -0.2) is 0 Å². The molecular weight excluding hydrogens is 245 g/mol. The second kappa shape index (κ2) is 4.10. The van der Waals surface area contributed by atoms with E-state index in [1.807, 2.05) is 26.0 Å². The average Bonchev–Trinajstić information content (AvgIpc) is 2.24. The minimum atomic E-state index is -0.247. The number of aliphatic hydroxyl groups excluding tert-OH is 1. The molecule has 1 aromatic carbocycles. The number of hydrogen-bond donors (Lipinski definition) is 2. The fraction of sp³-hybridized carbons (Fsp3) is 0.500. The van der Waals surface area contributed by atoms with Crippen LogP contribution in [0.4, 0.5) is 5.69 Å². The van der Waals surface area contributed by atoms with Gasteiger partial charge >= 0.3 is 0 Å². The summed E-state index contributed by atoms with van der Waals surface area (Å²) in [5, 5.41) is 14.1. The lowest BCUT2D eigenvalue weighted by Crippen LogP contribution is -2.56. The zero-order chi connectivity index (χ0) is 11.9. The Morgan fingerprint density at radius 2 is 2.06 bits per heavy atom. The highest BCUT2D eigenvalue weighted by Gasteiger charge is 2.47. The maximum atomic E-state index is 9.65. The van der Waals surface area contributed by atoms with Crippen molar-refractivity contribution in [2.24, 2.45) is 5.41 Å². The monoisotopic (exact) mass is 259 g/mol. The van der Waals surface area contributed by atoms with Crippen molar-refractivity contribution >= 4 is 28.9 Å². The maximum Gasteiger partial charge on any atom is 0.0823 e. The van der Waals surface area contributed by atoms with Crippen LogP contribution in [0.3, 0.4) is 0 Å². The highest BCUT2D eigenvalue weighted by atomic mass is 35.5. The Kier molecular flexibility index (Phi) is 3.08. The van der Waals surface area contributed by atoms with Crippen molar-refractivity contribution in [3.05, 3.63) is 28.2 Å². The van der Waals surface area contributed by atoms with Gasteiger partial charge in [-0.1, -0.05) is 43.1 Å². The Morgan fingerprint density at radius 1 is 1.38 bits per heavy atom. The Labute approximate surface area is 106 Å². The highest BCUT2D eigenvalue weighted by molar-refractivity contribution is 6.43. The maximum absolute atomic E-state index is 9.65. The summed E-state index contributed by atoms with van der Waals surface area (Å²) in [6, 6.07) is 5.75. The van der Waals surface area contributed by atoms with Gasteiger partial charge in [-0.2, -0.15) is 0 Å². The van der Waals surface area contributed by atoms with E-state index in [0.29, 0.717) is 10.0 Å². The second-order valence-electron chi connectivity index (χ2n) is 4.87. The molecule has 2 unspecified atom stereocenters. The second-order valence-corrected chi connectivity index (χ2v) is 5.66. The molecule has 0 heterocycles. The van der Waals surface area contributed by atoms with Crippen molar-refractivity contribution in [3.63, 3.8) is 0 Å². The van der Waals surface area contributed by atoms with Gasteiger partial charge in [0.2, 0.25) is 0 Å². The van der Waals surface area contributed by atoms with E-state index in [-0.39, 0.29) is 17.6 Å². The summed E-state index contributed by atoms with van der Waals surface area (Å²) in [6.45, 7) is 4.08. The van der Waals surface area contributed by atoms with Gasteiger partial charge in [-0.3, -0.25) is 0 Å². The third-order valence-electron chi connectivity index (χ3n) is 3.50. The molecule has 1 aliphatic rings. The van der Waals surface area contributed by atoms with Crippen LogP contribution in [-0.4, -0.2) is 17.3 Å². The summed E-state index contributed by atoms with van der Waals surface area (Å²) >= 11 is 12.0. The molecule has 1 saturated carbocycles. The summed E-state index contributed by atoms with van der Waals surface area (Å²) in [4.78, 5) is 0. The summed E-state index contributed by atoms with van der Waals surface area (Å²) in [6.07, 6.45) is 0.499. The highest BCUT2D eigenvalue weighted by Crippen LogP contribution is 2.43. The SMILES string of the molecule is CC1(C)C(O)CC1Nc1cccc(Cl)c1Cl. The number of anilines is 1. The minimum Gasteiger partial charge on any atom is -0.392 e. The Balaban J connectivity index is 2.14. The molecule has 0 amide bonds. The number of halogens is 2. The summed E-state index contributed by atoms with van der Waals surface area (Å²) in [5.74, 6) is 0. The number of hydrogen-bond acceptors (Lipinski definition) is 2. The van der Waals surface area contributed by atoms with E-state index in [2.05, 4.69) is 5.32 Å². The summed E-state index contributed by atoms with van der Waals surface area (Å²) in [7, 11) is 0. The zero-order valence-corrected chi connectivity index (χ0v) is 10.8. The fourth-order valence-corrected chi connectivity index (χ4v) is 2.31. The van der Waals surface area contributed by atoms with Crippen LogP contribution in [0.1, 0.15) is 20.3 Å². The standard InChI is InChI=1S/C12H15Cl2NO/c1-12(2)9(6-10(12)16)15-8-5-3-4-7(13)11(8)14/h3-5,9-10,15-16H,6H2,1-2H3. The van der Waals surface area contributed by atoms with E-state index in [1.165, 1.54) is 0 Å². The molecule has 16 heavy (non-hydrogen) atoms. The Bertz CT molecular complexity index is 406. The average molecular weight is 260 g/mol. The molecule has 0 aliphatic heterocycles. The molecule has 0 saturated heterocycles. The van der Waals surface area contributed by atoms with Crippen LogP contribution in [0.5, 0.6) is 0 Å². The molecule has 0 bridgehead atoms. The van der Waals surface area contributed by atoms with Gasteiger partial charge in [0, 0.05) is 11.5 Å². The molecule has 0 radical (unpaired) electrons. The molecule has 1 aliphatic carbocycles. The smallest absolute Gasteiger partial charge is 0.0823 e. The van der Waals surface area contributed by atoms with E-state index in [0.717, 1.165) is 12.1 Å². The van der Waals surface area contributed by atoms with Gasteiger partial charge in [0.15, 0.2) is 0 Å². The first-order chi connectivity index (χ1) is 7.43. The van der Waals surface area contributed by atoms with Crippen molar-refractivity contribution in [3.8, 4) is 0 Å². The van der Waals surface area contributed by atoms with Crippen LogP contribution >= 0.6 is 23.2 Å². The molecule has 2 rings (SSSR count). The van der Waals surface area contributed by atoms with Crippen LogP contribution in [0.2, 0.25) is 10.0 Å². The first-order valence-electron chi connectivity index (χ1n) is 5.31. The summed E-state index contributed by atoms with van der Waals surface area (Å²) in [5.41, 5.74) is 0.713. The summed E-state index contributed by atoms with van der Waals surface area (Å²) < 4.78 is 0. The zero-order valence-electron chi connectivity index (χ0n) is 9.30. The van der Waals surface area contributed by atoms with Gasteiger partial charge in [0.1, 0.15) is 0 Å². The Morgan fingerprint density at radius 3 is 2.62 bits per heavy atom. The van der Waals surface area contributed by atoms with Gasteiger partial charge in [0.25, 0.3) is 0 Å². The van der Waals surface area contributed by atoms with Gasteiger partial charge < -0.3 is 10.4 Å². The predicted molar refractivity (Wildman–Crippen MR) is 68.3 cm³/mol. The molecule has 4 heteroatoms. The van der Waals surface area contributed by atoms with E-state index in [9.17, 15) is 5.11 Å².